The quantitative estimate of drug-likeness (QED) is 0.714. The molecule has 0 unspecified atom stereocenters. The van der Waals surface area contributed by atoms with Crippen LogP contribution in [-0.4, -0.2) is 18.4 Å². The monoisotopic (exact) mass is 248 g/mol. The molecule has 18 heavy (non-hydrogen) atoms. The molecule has 0 radical (unpaired) electrons. The summed E-state index contributed by atoms with van der Waals surface area (Å²) in [4.78, 5) is 21.7. The fraction of sp³-hybridized carbons (Fsp3) is 0.429. The summed E-state index contributed by atoms with van der Waals surface area (Å²) >= 11 is 0. The zero-order valence-corrected chi connectivity index (χ0v) is 10.7. The second-order valence-electron chi connectivity index (χ2n) is 4.44. The highest BCUT2D eigenvalue weighted by atomic mass is 16.2. The van der Waals surface area contributed by atoms with Gasteiger partial charge in [-0.25, -0.2) is 0 Å². The molecule has 0 saturated heterocycles. The van der Waals surface area contributed by atoms with E-state index in [0.717, 1.165) is 19.3 Å². The van der Waals surface area contributed by atoms with Gasteiger partial charge in [0.25, 0.3) is 0 Å². The minimum Gasteiger partial charge on any atom is -0.368 e. The van der Waals surface area contributed by atoms with Crippen molar-refractivity contribution in [3.05, 3.63) is 35.4 Å². The number of benzene rings is 1. The molecule has 4 heteroatoms. The molecule has 2 amide bonds. The maximum atomic E-state index is 11.3. The van der Waals surface area contributed by atoms with Gasteiger partial charge in [-0.2, -0.15) is 0 Å². The first kappa shape index (κ1) is 14.2. The molecule has 0 bridgehead atoms. The third-order valence-corrected chi connectivity index (χ3v) is 2.70. The Hall–Kier alpha value is -1.84. The van der Waals surface area contributed by atoms with Crippen LogP contribution in [0.3, 0.4) is 0 Å². The average molecular weight is 248 g/mol. The lowest BCUT2D eigenvalue weighted by atomic mass is 10.1. The minimum absolute atomic E-state index is 0.0726. The van der Waals surface area contributed by atoms with Gasteiger partial charge in [-0.05, 0) is 31.7 Å². The maximum Gasteiger partial charge on any atom is 0.236 e. The van der Waals surface area contributed by atoms with E-state index in [9.17, 15) is 9.59 Å². The van der Waals surface area contributed by atoms with Crippen molar-refractivity contribution in [3.63, 3.8) is 0 Å². The first-order valence-corrected chi connectivity index (χ1v) is 6.18. The smallest absolute Gasteiger partial charge is 0.236 e. The Balaban J connectivity index is 2.13. The Morgan fingerprint density at radius 2 is 1.83 bits per heavy atom. The molecule has 0 saturated carbocycles. The lowest BCUT2D eigenvalue weighted by Gasteiger charge is -2.03. The van der Waals surface area contributed by atoms with Gasteiger partial charge < -0.3 is 11.1 Å². The topological polar surface area (TPSA) is 72.2 Å². The van der Waals surface area contributed by atoms with E-state index < -0.39 is 5.91 Å². The number of nitrogens with two attached hydrogens (primary N) is 1. The van der Waals surface area contributed by atoms with E-state index in [4.69, 9.17) is 5.73 Å². The Kier molecular flexibility index (Phi) is 5.91. The van der Waals surface area contributed by atoms with Crippen molar-refractivity contribution < 1.29 is 9.59 Å². The summed E-state index contributed by atoms with van der Waals surface area (Å²) in [6.07, 6.45) is 3.20. The van der Waals surface area contributed by atoms with Gasteiger partial charge in [-0.1, -0.05) is 29.8 Å². The third kappa shape index (κ3) is 6.03. The normalized spacial score (nSPS) is 10.1. The van der Waals surface area contributed by atoms with Crippen LogP contribution in [0.1, 0.15) is 30.4 Å². The Morgan fingerprint density at radius 3 is 2.44 bits per heavy atom. The van der Waals surface area contributed by atoms with Crippen molar-refractivity contribution in [2.24, 2.45) is 5.73 Å². The molecular formula is C14H20N2O2. The Labute approximate surface area is 108 Å². The lowest BCUT2D eigenvalue weighted by Crippen LogP contribution is -2.33. The second-order valence-corrected chi connectivity index (χ2v) is 4.44. The van der Waals surface area contributed by atoms with Gasteiger partial charge in [0.15, 0.2) is 0 Å². The number of primary amides is 1. The van der Waals surface area contributed by atoms with Gasteiger partial charge in [0, 0.05) is 6.42 Å². The molecule has 0 fully saturated rings. The number of amides is 2. The average Bonchev–Trinajstić information content (AvgIpc) is 2.34. The van der Waals surface area contributed by atoms with Crippen LogP contribution in [0.4, 0.5) is 0 Å². The number of hydrogen-bond acceptors (Lipinski definition) is 2. The molecule has 0 aromatic heterocycles. The summed E-state index contributed by atoms with van der Waals surface area (Å²) in [5, 5.41) is 2.47. The van der Waals surface area contributed by atoms with Gasteiger partial charge in [0.1, 0.15) is 0 Å². The first-order chi connectivity index (χ1) is 8.58. The molecule has 0 heterocycles. The van der Waals surface area contributed by atoms with Crippen LogP contribution in [0, 0.1) is 6.92 Å². The highest BCUT2D eigenvalue weighted by Gasteiger charge is 2.02. The molecule has 0 aliphatic carbocycles. The fourth-order valence-electron chi connectivity index (χ4n) is 1.64. The number of aryl methyl sites for hydroxylation is 2. The van der Waals surface area contributed by atoms with E-state index in [0.29, 0.717) is 6.42 Å². The van der Waals surface area contributed by atoms with Crippen LogP contribution in [0.5, 0.6) is 0 Å². The number of unbranched alkanes of at least 4 members (excludes halogenated alkanes) is 1. The summed E-state index contributed by atoms with van der Waals surface area (Å²) in [7, 11) is 0. The van der Waals surface area contributed by atoms with Crippen molar-refractivity contribution in [1.82, 2.24) is 5.32 Å². The van der Waals surface area contributed by atoms with Crippen molar-refractivity contribution in [2.45, 2.75) is 32.6 Å². The summed E-state index contributed by atoms with van der Waals surface area (Å²) < 4.78 is 0. The van der Waals surface area contributed by atoms with Crippen molar-refractivity contribution in [1.29, 1.82) is 0 Å². The maximum absolute atomic E-state index is 11.3. The van der Waals surface area contributed by atoms with Crippen molar-refractivity contribution in [3.8, 4) is 0 Å². The largest absolute Gasteiger partial charge is 0.368 e. The fourth-order valence-corrected chi connectivity index (χ4v) is 1.64. The minimum atomic E-state index is -0.511. The molecule has 1 rings (SSSR count). The molecular weight excluding hydrogens is 228 g/mol. The van der Waals surface area contributed by atoms with Gasteiger partial charge in [0.05, 0.1) is 6.54 Å². The molecule has 3 N–H and O–H groups in total. The number of hydrogen-bond donors (Lipinski definition) is 2. The Morgan fingerprint density at radius 1 is 1.17 bits per heavy atom. The van der Waals surface area contributed by atoms with Crippen LogP contribution >= 0.6 is 0 Å². The Bertz CT molecular complexity index is 399. The standard InChI is InChI=1S/C14H20N2O2/c1-11-6-8-12(9-7-11)4-2-3-5-14(18)16-10-13(15)17/h6-9H,2-5,10H2,1H3,(H2,15,17)(H,16,18). The zero-order chi connectivity index (χ0) is 13.4. The molecule has 4 nitrogen and oxygen atoms in total. The molecule has 0 spiro atoms. The van der Waals surface area contributed by atoms with Gasteiger partial charge >= 0.3 is 0 Å². The summed E-state index contributed by atoms with van der Waals surface area (Å²) in [5.41, 5.74) is 7.47. The number of nitrogens with one attached hydrogen (secondary N) is 1. The molecule has 0 aliphatic rings. The summed E-state index contributed by atoms with van der Waals surface area (Å²) in [6.45, 7) is 1.99. The molecule has 0 atom stereocenters. The van der Waals surface area contributed by atoms with Gasteiger partial charge in [-0.15, -0.1) is 0 Å². The highest BCUT2D eigenvalue weighted by Crippen LogP contribution is 2.08. The van der Waals surface area contributed by atoms with E-state index >= 15 is 0 Å². The van der Waals surface area contributed by atoms with E-state index in [1.807, 2.05) is 0 Å². The van der Waals surface area contributed by atoms with Crippen molar-refractivity contribution in [2.75, 3.05) is 6.54 Å². The van der Waals surface area contributed by atoms with E-state index in [1.54, 1.807) is 0 Å². The number of carbonyl (C=O) groups is 2. The summed E-state index contributed by atoms with van der Waals surface area (Å²) in [6, 6.07) is 8.41. The van der Waals surface area contributed by atoms with Crippen LogP contribution in [0.25, 0.3) is 0 Å². The molecule has 1 aromatic carbocycles. The molecule has 0 aliphatic heterocycles. The van der Waals surface area contributed by atoms with E-state index in [1.165, 1.54) is 11.1 Å². The van der Waals surface area contributed by atoms with Crippen LogP contribution in [-0.2, 0) is 16.0 Å². The van der Waals surface area contributed by atoms with Crippen LogP contribution < -0.4 is 11.1 Å². The van der Waals surface area contributed by atoms with Crippen LogP contribution in [0.15, 0.2) is 24.3 Å². The highest BCUT2D eigenvalue weighted by molar-refractivity contribution is 5.83. The predicted octanol–water partition coefficient (Wildman–Crippen LogP) is 1.31. The van der Waals surface area contributed by atoms with E-state index in [2.05, 4.69) is 36.5 Å². The molecule has 1 aromatic rings. The predicted molar refractivity (Wildman–Crippen MR) is 70.9 cm³/mol. The van der Waals surface area contributed by atoms with Gasteiger partial charge in [0.2, 0.25) is 11.8 Å². The van der Waals surface area contributed by atoms with Crippen molar-refractivity contribution >= 4 is 11.8 Å². The molecule has 98 valence electrons. The third-order valence-electron chi connectivity index (χ3n) is 2.70. The number of carbonyl (C=O) groups excluding carboxylic acids is 2. The summed E-state index contributed by atoms with van der Waals surface area (Å²) in [5.74, 6) is -0.624. The second kappa shape index (κ2) is 7.48. The lowest BCUT2D eigenvalue weighted by molar-refractivity contribution is -0.124. The van der Waals surface area contributed by atoms with E-state index in [-0.39, 0.29) is 12.5 Å². The number of rotatable bonds is 7. The van der Waals surface area contributed by atoms with Crippen LogP contribution in [0.2, 0.25) is 0 Å². The SMILES string of the molecule is Cc1ccc(CCCCC(=O)NCC(N)=O)cc1. The first-order valence-electron chi connectivity index (χ1n) is 6.18. The zero-order valence-electron chi connectivity index (χ0n) is 10.7. The van der Waals surface area contributed by atoms with Gasteiger partial charge in [-0.3, -0.25) is 9.59 Å².